The number of halogens is 1. The Hall–Kier alpha value is -4.14. The van der Waals surface area contributed by atoms with Gasteiger partial charge in [-0.2, -0.15) is 5.10 Å². The number of nitrogens with one attached hydrogen (secondary N) is 1. The molecule has 0 atom stereocenters. The monoisotopic (exact) mass is 453 g/mol. The van der Waals surface area contributed by atoms with Crippen LogP contribution in [0.25, 0.3) is 11.8 Å². The Bertz CT molecular complexity index is 1220. The zero-order valence-electron chi connectivity index (χ0n) is 18.9. The van der Waals surface area contributed by atoms with Gasteiger partial charge >= 0.3 is 5.97 Å². The average molecular weight is 453 g/mol. The normalized spacial score (nSPS) is 10.8. The summed E-state index contributed by atoms with van der Waals surface area (Å²) in [6.45, 7) is 3.67. The summed E-state index contributed by atoms with van der Waals surface area (Å²) in [6.07, 6.45) is 2.97. The molecule has 0 spiro atoms. The van der Waals surface area contributed by atoms with Crippen LogP contribution in [-0.2, 0) is 9.53 Å². The van der Waals surface area contributed by atoms with Crippen LogP contribution in [0.4, 0.5) is 10.1 Å². The Morgan fingerprint density at radius 3 is 2.27 bits per heavy atom. The van der Waals surface area contributed by atoms with Crippen LogP contribution < -0.4 is 14.8 Å². The molecule has 0 aliphatic carbocycles. The summed E-state index contributed by atoms with van der Waals surface area (Å²) in [5.74, 6) is -0.774. The number of aryl methyl sites for hydroxylation is 1. The number of ether oxygens (including phenoxy) is 3. The highest BCUT2D eigenvalue weighted by Crippen LogP contribution is 2.33. The average Bonchev–Trinajstić information content (AvgIpc) is 3.10. The predicted octanol–water partition coefficient (Wildman–Crippen LogP) is 4.08. The first kappa shape index (κ1) is 23.5. The van der Waals surface area contributed by atoms with Crippen molar-refractivity contribution in [1.82, 2.24) is 9.78 Å². The van der Waals surface area contributed by atoms with Crippen molar-refractivity contribution in [2.45, 2.75) is 13.8 Å². The SMILES string of the molecule is COC(=O)c1cc(OC)c(OC)cc1NC(=O)C=Cc1c(C)nn(-c2ccc(F)cc2)c1C. The van der Waals surface area contributed by atoms with E-state index in [1.165, 1.54) is 51.7 Å². The number of amides is 1. The lowest BCUT2D eigenvalue weighted by Gasteiger charge is -2.14. The third kappa shape index (κ3) is 5.03. The molecule has 3 rings (SSSR count). The van der Waals surface area contributed by atoms with E-state index < -0.39 is 11.9 Å². The van der Waals surface area contributed by atoms with Crippen LogP contribution in [0.3, 0.4) is 0 Å². The number of aromatic nitrogens is 2. The topological polar surface area (TPSA) is 91.7 Å². The van der Waals surface area contributed by atoms with Gasteiger partial charge in [0, 0.05) is 29.5 Å². The maximum absolute atomic E-state index is 13.2. The Morgan fingerprint density at radius 2 is 1.67 bits per heavy atom. The van der Waals surface area contributed by atoms with E-state index in [-0.39, 0.29) is 17.1 Å². The molecule has 2 aromatic carbocycles. The molecule has 0 radical (unpaired) electrons. The van der Waals surface area contributed by atoms with Crippen LogP contribution >= 0.6 is 0 Å². The van der Waals surface area contributed by atoms with Crippen LogP contribution in [0.15, 0.2) is 42.5 Å². The van der Waals surface area contributed by atoms with Gasteiger partial charge in [0.25, 0.3) is 0 Å². The fraction of sp³-hybridized carbons (Fsp3) is 0.208. The fourth-order valence-corrected chi connectivity index (χ4v) is 3.32. The quantitative estimate of drug-likeness (QED) is 0.428. The number of carbonyl (C=O) groups excluding carboxylic acids is 2. The lowest BCUT2D eigenvalue weighted by molar-refractivity contribution is -0.111. The predicted molar refractivity (Wildman–Crippen MR) is 122 cm³/mol. The van der Waals surface area contributed by atoms with Crippen LogP contribution in [0, 0.1) is 19.7 Å². The van der Waals surface area contributed by atoms with Crippen LogP contribution in [0.2, 0.25) is 0 Å². The van der Waals surface area contributed by atoms with E-state index in [1.807, 2.05) is 13.8 Å². The van der Waals surface area contributed by atoms with Crippen molar-refractivity contribution < 1.29 is 28.2 Å². The van der Waals surface area contributed by atoms with Gasteiger partial charge in [-0.1, -0.05) is 0 Å². The second kappa shape index (κ2) is 9.99. The molecular weight excluding hydrogens is 429 g/mol. The summed E-state index contributed by atoms with van der Waals surface area (Å²) in [7, 11) is 4.14. The lowest BCUT2D eigenvalue weighted by atomic mass is 10.1. The van der Waals surface area contributed by atoms with Crippen molar-refractivity contribution >= 4 is 23.6 Å². The third-order valence-corrected chi connectivity index (χ3v) is 5.01. The molecule has 0 aliphatic rings. The maximum atomic E-state index is 13.2. The molecule has 0 bridgehead atoms. The molecule has 0 saturated heterocycles. The van der Waals surface area contributed by atoms with Gasteiger partial charge in [0.05, 0.1) is 44.0 Å². The van der Waals surface area contributed by atoms with E-state index in [0.29, 0.717) is 22.9 Å². The summed E-state index contributed by atoms with van der Waals surface area (Å²) < 4.78 is 30.2. The highest BCUT2D eigenvalue weighted by Gasteiger charge is 2.19. The van der Waals surface area contributed by atoms with Crippen molar-refractivity contribution in [1.29, 1.82) is 0 Å². The summed E-state index contributed by atoms with van der Waals surface area (Å²) in [4.78, 5) is 24.8. The molecule has 3 aromatic rings. The largest absolute Gasteiger partial charge is 0.493 e. The lowest BCUT2D eigenvalue weighted by Crippen LogP contribution is -2.13. The van der Waals surface area contributed by atoms with Gasteiger partial charge in [-0.3, -0.25) is 4.79 Å². The van der Waals surface area contributed by atoms with Gasteiger partial charge in [0.2, 0.25) is 5.91 Å². The molecule has 172 valence electrons. The van der Waals surface area contributed by atoms with E-state index in [0.717, 1.165) is 11.3 Å². The fourth-order valence-electron chi connectivity index (χ4n) is 3.32. The number of hydrogen-bond donors (Lipinski definition) is 1. The summed E-state index contributed by atoms with van der Waals surface area (Å²) >= 11 is 0. The molecule has 1 aromatic heterocycles. The van der Waals surface area contributed by atoms with Crippen molar-refractivity contribution in [3.8, 4) is 17.2 Å². The van der Waals surface area contributed by atoms with E-state index in [1.54, 1.807) is 22.9 Å². The number of methoxy groups -OCH3 is 3. The number of rotatable bonds is 7. The van der Waals surface area contributed by atoms with Gasteiger partial charge in [-0.25, -0.2) is 13.9 Å². The van der Waals surface area contributed by atoms with Gasteiger partial charge < -0.3 is 19.5 Å². The molecule has 0 fully saturated rings. The van der Waals surface area contributed by atoms with E-state index in [4.69, 9.17) is 14.2 Å². The molecular formula is C24H24FN3O5. The minimum absolute atomic E-state index is 0.119. The number of nitrogens with zero attached hydrogens (tertiary/aromatic N) is 2. The first-order valence-electron chi connectivity index (χ1n) is 9.94. The molecule has 1 N–H and O–H groups in total. The molecule has 33 heavy (non-hydrogen) atoms. The second-order valence-corrected chi connectivity index (χ2v) is 7.04. The second-order valence-electron chi connectivity index (χ2n) is 7.04. The summed E-state index contributed by atoms with van der Waals surface area (Å²) in [5.41, 5.74) is 3.26. The number of carbonyl (C=O) groups is 2. The minimum atomic E-state index is -0.637. The standard InChI is InChI=1S/C24H24FN3O5/c1-14-18(15(2)28(27-14)17-8-6-16(25)7-9-17)10-11-23(29)26-20-13-22(32-4)21(31-3)12-19(20)24(30)33-5/h6-13H,1-5H3,(H,26,29). The highest BCUT2D eigenvalue weighted by molar-refractivity contribution is 6.07. The molecule has 9 heteroatoms. The van der Waals surface area contributed by atoms with Crippen molar-refractivity contribution in [2.24, 2.45) is 0 Å². The Balaban J connectivity index is 1.88. The highest BCUT2D eigenvalue weighted by atomic mass is 19.1. The zero-order chi connectivity index (χ0) is 24.1. The summed E-state index contributed by atoms with van der Waals surface area (Å²) in [5, 5.41) is 7.16. The van der Waals surface area contributed by atoms with Crippen LogP contribution in [0.1, 0.15) is 27.3 Å². The van der Waals surface area contributed by atoms with Gasteiger partial charge in [-0.15, -0.1) is 0 Å². The first-order valence-corrected chi connectivity index (χ1v) is 9.94. The maximum Gasteiger partial charge on any atom is 0.340 e. The molecule has 1 heterocycles. The molecule has 0 saturated carbocycles. The number of esters is 1. The minimum Gasteiger partial charge on any atom is -0.493 e. The van der Waals surface area contributed by atoms with E-state index in [2.05, 4.69) is 10.4 Å². The number of hydrogen-bond acceptors (Lipinski definition) is 6. The summed E-state index contributed by atoms with van der Waals surface area (Å²) in [6, 6.07) is 8.89. The smallest absolute Gasteiger partial charge is 0.340 e. The Morgan fingerprint density at radius 1 is 1.03 bits per heavy atom. The van der Waals surface area contributed by atoms with Gasteiger partial charge in [-0.05, 0) is 44.2 Å². The number of anilines is 1. The Kier molecular flexibility index (Phi) is 7.12. The Labute approximate surface area is 190 Å². The molecule has 1 amide bonds. The molecule has 0 unspecified atom stereocenters. The zero-order valence-corrected chi connectivity index (χ0v) is 18.9. The van der Waals surface area contributed by atoms with Crippen molar-refractivity contribution in [3.05, 3.63) is 70.8 Å². The molecule has 0 aliphatic heterocycles. The molecule has 8 nitrogen and oxygen atoms in total. The van der Waals surface area contributed by atoms with Gasteiger partial charge in [0.1, 0.15) is 5.82 Å². The number of benzene rings is 2. The van der Waals surface area contributed by atoms with Crippen molar-refractivity contribution in [2.75, 3.05) is 26.6 Å². The van der Waals surface area contributed by atoms with E-state index in [9.17, 15) is 14.0 Å². The third-order valence-electron chi connectivity index (χ3n) is 5.01. The van der Waals surface area contributed by atoms with E-state index >= 15 is 0 Å². The first-order chi connectivity index (χ1) is 15.8. The van der Waals surface area contributed by atoms with Crippen LogP contribution in [0.5, 0.6) is 11.5 Å². The van der Waals surface area contributed by atoms with Crippen molar-refractivity contribution in [3.63, 3.8) is 0 Å². The van der Waals surface area contributed by atoms with Gasteiger partial charge in [0.15, 0.2) is 11.5 Å². The van der Waals surface area contributed by atoms with Crippen LogP contribution in [-0.4, -0.2) is 43.0 Å².